The van der Waals surface area contributed by atoms with E-state index in [1.807, 2.05) is 0 Å². The van der Waals surface area contributed by atoms with Crippen molar-refractivity contribution in [3.63, 3.8) is 0 Å². The normalized spacial score (nSPS) is 16.1. The van der Waals surface area contributed by atoms with Crippen LogP contribution in [0.3, 0.4) is 0 Å². The second-order valence-electron chi connectivity index (χ2n) is 5.29. The molecule has 1 aliphatic rings. The summed E-state index contributed by atoms with van der Waals surface area (Å²) in [4.78, 5) is 16.8. The van der Waals surface area contributed by atoms with E-state index in [4.69, 9.17) is 4.74 Å². The number of ether oxygens (including phenoxy) is 1. The van der Waals surface area contributed by atoms with Gasteiger partial charge in [0, 0.05) is 16.2 Å². The van der Waals surface area contributed by atoms with E-state index in [0.717, 1.165) is 4.90 Å². The van der Waals surface area contributed by atoms with Crippen LogP contribution in [0.2, 0.25) is 0 Å². The van der Waals surface area contributed by atoms with Crippen molar-refractivity contribution in [1.82, 2.24) is 4.72 Å². The minimum absolute atomic E-state index is 0.137. The predicted octanol–water partition coefficient (Wildman–Crippen LogP) is 2.20. The molecule has 0 saturated carbocycles. The van der Waals surface area contributed by atoms with Crippen LogP contribution in [-0.2, 0) is 19.6 Å². The van der Waals surface area contributed by atoms with Gasteiger partial charge < -0.3 is 4.74 Å². The third-order valence-corrected chi connectivity index (χ3v) is 5.83. The summed E-state index contributed by atoms with van der Waals surface area (Å²) in [7, 11) is -3.62. The molecule has 1 heterocycles. The Bertz CT molecular complexity index is 943. The number of nitrogens with zero attached hydrogens (tertiary/aromatic N) is 1. The fourth-order valence-corrected chi connectivity index (χ4v) is 4.27. The van der Waals surface area contributed by atoms with Crippen molar-refractivity contribution in [2.45, 2.75) is 9.79 Å². The highest BCUT2D eigenvalue weighted by Gasteiger charge is 2.30. The molecule has 2 aromatic carbocycles. The number of carbonyl (C=O) groups excluding carboxylic acids is 1. The average Bonchev–Trinajstić information content (AvgIpc) is 2.89. The highest BCUT2D eigenvalue weighted by atomic mass is 32.2. The molecule has 26 heavy (non-hydrogen) atoms. The van der Waals surface area contributed by atoms with E-state index < -0.39 is 16.0 Å². The first-order valence-corrected chi connectivity index (χ1v) is 10.1. The standard InChI is InChI=1S/C17H15FN2O4S2/c18-12-5-7-13(8-6-12)25-10-9-24-16(21)11-19-17-14-3-1-2-4-15(14)26(22,23)20-17/h1-8H,9-11H2,(H,19,20). The molecule has 0 atom stereocenters. The number of hydrogen-bond acceptors (Lipinski definition) is 6. The van der Waals surface area contributed by atoms with E-state index in [1.54, 1.807) is 30.3 Å². The Morgan fingerprint density at radius 2 is 1.88 bits per heavy atom. The summed E-state index contributed by atoms with van der Waals surface area (Å²) in [6.45, 7) is -0.110. The zero-order chi connectivity index (χ0) is 18.6. The number of halogens is 1. The number of amidine groups is 1. The third-order valence-electron chi connectivity index (χ3n) is 3.46. The molecule has 0 aromatic heterocycles. The Morgan fingerprint density at radius 3 is 2.65 bits per heavy atom. The fraction of sp³-hybridized carbons (Fsp3) is 0.176. The smallest absolute Gasteiger partial charge is 0.327 e. The van der Waals surface area contributed by atoms with Crippen LogP contribution >= 0.6 is 11.8 Å². The van der Waals surface area contributed by atoms with Crippen molar-refractivity contribution in [2.24, 2.45) is 4.99 Å². The van der Waals surface area contributed by atoms with Crippen LogP contribution in [0.25, 0.3) is 0 Å². The van der Waals surface area contributed by atoms with Crippen LogP contribution < -0.4 is 4.72 Å². The molecule has 0 saturated heterocycles. The molecule has 0 radical (unpaired) electrons. The molecule has 0 amide bonds. The van der Waals surface area contributed by atoms with Crippen LogP contribution in [0, 0.1) is 5.82 Å². The Labute approximate surface area is 154 Å². The molecule has 136 valence electrons. The van der Waals surface area contributed by atoms with Crippen molar-refractivity contribution in [3.8, 4) is 0 Å². The minimum atomic E-state index is -3.62. The number of benzene rings is 2. The maximum Gasteiger partial charge on any atom is 0.327 e. The maximum absolute atomic E-state index is 12.8. The van der Waals surface area contributed by atoms with E-state index in [-0.39, 0.29) is 29.7 Å². The number of hydrogen-bond donors (Lipinski definition) is 1. The molecule has 0 bridgehead atoms. The van der Waals surface area contributed by atoms with Gasteiger partial charge in [-0.1, -0.05) is 12.1 Å². The molecule has 0 aliphatic carbocycles. The number of thioether (sulfide) groups is 1. The highest BCUT2D eigenvalue weighted by Crippen LogP contribution is 2.22. The molecule has 9 heteroatoms. The molecule has 0 fully saturated rings. The van der Waals surface area contributed by atoms with Gasteiger partial charge in [-0.15, -0.1) is 11.8 Å². The zero-order valence-electron chi connectivity index (χ0n) is 13.5. The minimum Gasteiger partial charge on any atom is -0.463 e. The number of carbonyl (C=O) groups is 1. The Kier molecular flexibility index (Phi) is 5.58. The maximum atomic E-state index is 12.8. The highest BCUT2D eigenvalue weighted by molar-refractivity contribution is 7.99. The summed E-state index contributed by atoms with van der Waals surface area (Å²) < 4.78 is 44.1. The lowest BCUT2D eigenvalue weighted by Gasteiger charge is -2.04. The molecule has 3 rings (SSSR count). The molecule has 2 aromatic rings. The van der Waals surface area contributed by atoms with Gasteiger partial charge >= 0.3 is 5.97 Å². The topological polar surface area (TPSA) is 84.8 Å². The quantitative estimate of drug-likeness (QED) is 0.461. The first-order chi connectivity index (χ1) is 12.5. The van der Waals surface area contributed by atoms with Gasteiger partial charge in [0.15, 0.2) is 0 Å². The van der Waals surface area contributed by atoms with Crippen molar-refractivity contribution >= 4 is 33.6 Å². The van der Waals surface area contributed by atoms with E-state index >= 15 is 0 Å². The molecule has 1 aliphatic heterocycles. The number of fused-ring (bicyclic) bond motifs is 1. The van der Waals surface area contributed by atoms with Crippen molar-refractivity contribution in [2.75, 3.05) is 18.9 Å². The van der Waals surface area contributed by atoms with Gasteiger partial charge in [0.25, 0.3) is 10.0 Å². The Morgan fingerprint density at radius 1 is 1.15 bits per heavy atom. The summed E-state index contributed by atoms with van der Waals surface area (Å²) in [6.07, 6.45) is 0. The number of esters is 1. The molecule has 0 unspecified atom stereocenters. The number of aliphatic imine (C=N–C) groups is 1. The summed E-state index contributed by atoms with van der Waals surface area (Å²) >= 11 is 1.43. The molecular weight excluding hydrogens is 379 g/mol. The lowest BCUT2D eigenvalue weighted by atomic mass is 10.2. The second kappa shape index (κ2) is 7.88. The predicted molar refractivity (Wildman–Crippen MR) is 96.3 cm³/mol. The van der Waals surface area contributed by atoms with Gasteiger partial charge in [-0.2, -0.15) is 0 Å². The lowest BCUT2D eigenvalue weighted by Crippen LogP contribution is -2.23. The summed E-state index contributed by atoms with van der Waals surface area (Å²) in [5.41, 5.74) is 0.437. The van der Waals surface area contributed by atoms with Gasteiger partial charge in [-0.05, 0) is 36.4 Å². The van der Waals surface area contributed by atoms with Gasteiger partial charge in [-0.25, -0.2) is 12.8 Å². The Hall–Kier alpha value is -2.39. The molecule has 6 nitrogen and oxygen atoms in total. The third kappa shape index (κ3) is 4.41. The average molecular weight is 394 g/mol. The summed E-state index contributed by atoms with van der Waals surface area (Å²) in [6, 6.07) is 12.4. The van der Waals surface area contributed by atoms with Gasteiger partial charge in [-0.3, -0.25) is 14.5 Å². The molecule has 1 N–H and O–H groups in total. The van der Waals surface area contributed by atoms with Gasteiger partial charge in [0.05, 0.1) is 4.90 Å². The summed E-state index contributed by atoms with van der Waals surface area (Å²) in [5.74, 6) is -0.202. The number of rotatable bonds is 6. The van der Waals surface area contributed by atoms with Crippen LogP contribution in [-0.4, -0.2) is 39.1 Å². The van der Waals surface area contributed by atoms with Crippen LogP contribution in [0.1, 0.15) is 5.56 Å². The Balaban J connectivity index is 1.49. The van der Waals surface area contributed by atoms with Crippen molar-refractivity contribution in [1.29, 1.82) is 0 Å². The summed E-state index contributed by atoms with van der Waals surface area (Å²) in [5, 5.41) is 0. The molecular formula is C17H15FN2O4S2. The van der Waals surface area contributed by atoms with Crippen molar-refractivity contribution < 1.29 is 22.3 Å². The van der Waals surface area contributed by atoms with E-state index in [9.17, 15) is 17.6 Å². The van der Waals surface area contributed by atoms with E-state index in [0.29, 0.717) is 11.3 Å². The molecule has 0 spiro atoms. The van der Waals surface area contributed by atoms with Gasteiger partial charge in [0.2, 0.25) is 0 Å². The fourth-order valence-electron chi connectivity index (χ4n) is 2.29. The SMILES string of the molecule is O=C(CN=C1NS(=O)(=O)c2ccccc21)OCCSc1ccc(F)cc1. The first-order valence-electron chi connectivity index (χ1n) is 7.66. The largest absolute Gasteiger partial charge is 0.463 e. The zero-order valence-corrected chi connectivity index (χ0v) is 15.1. The van der Waals surface area contributed by atoms with Crippen LogP contribution in [0.4, 0.5) is 4.39 Å². The lowest BCUT2D eigenvalue weighted by molar-refractivity contribution is -0.141. The van der Waals surface area contributed by atoms with Gasteiger partial charge in [0.1, 0.15) is 24.8 Å². The van der Waals surface area contributed by atoms with Crippen LogP contribution in [0.5, 0.6) is 0 Å². The second-order valence-corrected chi connectivity index (χ2v) is 8.11. The van der Waals surface area contributed by atoms with Crippen LogP contribution in [0.15, 0.2) is 63.3 Å². The first kappa shape index (κ1) is 18.4. The number of nitrogens with one attached hydrogen (secondary N) is 1. The van der Waals surface area contributed by atoms with E-state index in [2.05, 4.69) is 9.71 Å². The monoisotopic (exact) mass is 394 g/mol. The van der Waals surface area contributed by atoms with Crippen molar-refractivity contribution in [3.05, 3.63) is 59.9 Å². The van der Waals surface area contributed by atoms with E-state index in [1.165, 1.54) is 30.0 Å². The number of sulfonamides is 1.